The number of hydrogen-bond donors (Lipinski definition) is 1. The molecule has 0 amide bonds. The fraction of sp³-hybridized carbons (Fsp3) is 0.600. The van der Waals surface area contributed by atoms with Crippen LogP contribution in [0.25, 0.3) is 0 Å². The first-order valence-electron chi connectivity index (χ1n) is 6.53. The molecular formula is C15H23NO2. The van der Waals surface area contributed by atoms with Crippen molar-refractivity contribution in [2.75, 3.05) is 6.79 Å². The van der Waals surface area contributed by atoms with Crippen LogP contribution in [0.3, 0.4) is 0 Å². The van der Waals surface area contributed by atoms with Gasteiger partial charge in [-0.05, 0) is 37.0 Å². The van der Waals surface area contributed by atoms with E-state index in [4.69, 9.17) is 9.47 Å². The zero-order valence-electron chi connectivity index (χ0n) is 11.9. The Bertz CT molecular complexity index is 423. The molecule has 0 saturated carbocycles. The summed E-state index contributed by atoms with van der Waals surface area (Å²) >= 11 is 0. The summed E-state index contributed by atoms with van der Waals surface area (Å²) in [6, 6.07) is 6.89. The second-order valence-corrected chi connectivity index (χ2v) is 6.09. The Morgan fingerprint density at radius 2 is 1.78 bits per heavy atom. The number of fused-ring (bicyclic) bond motifs is 1. The molecule has 0 spiro atoms. The molecule has 1 heterocycles. The molecule has 0 aliphatic carbocycles. The summed E-state index contributed by atoms with van der Waals surface area (Å²) in [6.45, 7) is 11.5. The maximum Gasteiger partial charge on any atom is 0.231 e. The van der Waals surface area contributed by atoms with Crippen molar-refractivity contribution in [3.8, 4) is 11.5 Å². The highest BCUT2D eigenvalue weighted by atomic mass is 16.7. The van der Waals surface area contributed by atoms with Crippen molar-refractivity contribution in [1.29, 1.82) is 0 Å². The van der Waals surface area contributed by atoms with Gasteiger partial charge in [-0.2, -0.15) is 0 Å². The average molecular weight is 249 g/mol. The summed E-state index contributed by atoms with van der Waals surface area (Å²) in [7, 11) is 0. The van der Waals surface area contributed by atoms with E-state index in [0.29, 0.717) is 18.9 Å². The summed E-state index contributed by atoms with van der Waals surface area (Å²) in [5, 5.41) is 3.63. The van der Waals surface area contributed by atoms with Gasteiger partial charge in [0.05, 0.1) is 0 Å². The lowest BCUT2D eigenvalue weighted by atomic mass is 9.87. The van der Waals surface area contributed by atoms with E-state index >= 15 is 0 Å². The summed E-state index contributed by atoms with van der Waals surface area (Å²) in [5.74, 6) is 1.69. The topological polar surface area (TPSA) is 30.5 Å². The highest BCUT2D eigenvalue weighted by Crippen LogP contribution is 2.34. The zero-order chi connectivity index (χ0) is 13.3. The van der Waals surface area contributed by atoms with Crippen molar-refractivity contribution in [1.82, 2.24) is 5.32 Å². The number of hydrogen-bond acceptors (Lipinski definition) is 3. The van der Waals surface area contributed by atoms with E-state index < -0.39 is 0 Å². The predicted molar refractivity (Wildman–Crippen MR) is 73.0 cm³/mol. The van der Waals surface area contributed by atoms with E-state index in [9.17, 15) is 0 Å². The van der Waals surface area contributed by atoms with Gasteiger partial charge < -0.3 is 14.8 Å². The van der Waals surface area contributed by atoms with E-state index in [1.807, 2.05) is 6.07 Å². The molecule has 3 nitrogen and oxygen atoms in total. The third kappa shape index (κ3) is 2.78. The van der Waals surface area contributed by atoms with Crippen LogP contribution in [0, 0.1) is 5.41 Å². The van der Waals surface area contributed by atoms with Gasteiger partial charge in [0.15, 0.2) is 11.5 Å². The van der Waals surface area contributed by atoms with Gasteiger partial charge in [0.25, 0.3) is 0 Å². The molecule has 1 aliphatic rings. The monoisotopic (exact) mass is 249 g/mol. The molecule has 1 aliphatic heterocycles. The zero-order valence-corrected chi connectivity index (χ0v) is 11.9. The van der Waals surface area contributed by atoms with Crippen LogP contribution < -0.4 is 14.8 Å². The molecule has 0 saturated heterocycles. The Labute approximate surface area is 109 Å². The lowest BCUT2D eigenvalue weighted by Crippen LogP contribution is -2.39. The highest BCUT2D eigenvalue weighted by molar-refractivity contribution is 5.45. The lowest BCUT2D eigenvalue weighted by molar-refractivity contribution is 0.174. The Morgan fingerprint density at radius 1 is 1.11 bits per heavy atom. The van der Waals surface area contributed by atoms with Crippen LogP contribution in [0.1, 0.15) is 46.2 Å². The fourth-order valence-electron chi connectivity index (χ4n) is 1.90. The van der Waals surface area contributed by atoms with Crippen LogP contribution in [0.15, 0.2) is 18.2 Å². The number of benzene rings is 1. The summed E-state index contributed by atoms with van der Waals surface area (Å²) in [6.07, 6.45) is 0. The molecule has 0 radical (unpaired) electrons. The minimum absolute atomic E-state index is 0.255. The van der Waals surface area contributed by atoms with Gasteiger partial charge in [-0.25, -0.2) is 0 Å². The first-order valence-corrected chi connectivity index (χ1v) is 6.53. The molecule has 1 aromatic carbocycles. The first-order chi connectivity index (χ1) is 8.38. The van der Waals surface area contributed by atoms with E-state index in [-0.39, 0.29) is 5.41 Å². The maximum absolute atomic E-state index is 5.41. The van der Waals surface area contributed by atoms with E-state index in [1.165, 1.54) is 5.56 Å². The van der Waals surface area contributed by atoms with Crippen molar-refractivity contribution in [2.24, 2.45) is 5.41 Å². The quantitative estimate of drug-likeness (QED) is 0.889. The molecule has 0 fully saturated rings. The van der Waals surface area contributed by atoms with E-state index in [2.05, 4.69) is 52.1 Å². The number of nitrogens with one attached hydrogen (secondary N) is 1. The minimum atomic E-state index is 0.255. The standard InChI is InChI=1S/C15H23NO2/c1-10(16-11(2)15(3,4)5)12-6-7-13-14(8-12)18-9-17-13/h6-8,10-11,16H,9H2,1-5H3. The van der Waals surface area contributed by atoms with Crippen LogP contribution in [0.4, 0.5) is 0 Å². The van der Waals surface area contributed by atoms with Crippen molar-refractivity contribution >= 4 is 0 Å². The van der Waals surface area contributed by atoms with Crippen molar-refractivity contribution < 1.29 is 9.47 Å². The fourth-order valence-corrected chi connectivity index (χ4v) is 1.90. The largest absolute Gasteiger partial charge is 0.454 e. The second kappa shape index (κ2) is 4.81. The Hall–Kier alpha value is -1.22. The number of ether oxygens (including phenoxy) is 2. The van der Waals surface area contributed by atoms with Crippen molar-refractivity contribution in [3.63, 3.8) is 0 Å². The molecular weight excluding hydrogens is 226 g/mol. The summed E-state index contributed by atoms with van der Waals surface area (Å²) in [5.41, 5.74) is 1.49. The molecule has 0 aromatic heterocycles. The molecule has 1 N–H and O–H groups in total. The summed E-state index contributed by atoms with van der Waals surface area (Å²) in [4.78, 5) is 0. The Morgan fingerprint density at radius 3 is 2.44 bits per heavy atom. The van der Waals surface area contributed by atoms with Crippen LogP contribution >= 0.6 is 0 Å². The van der Waals surface area contributed by atoms with Crippen LogP contribution in [-0.4, -0.2) is 12.8 Å². The predicted octanol–water partition coefficient (Wildman–Crippen LogP) is 3.50. The highest BCUT2D eigenvalue weighted by Gasteiger charge is 2.22. The van der Waals surface area contributed by atoms with Gasteiger partial charge in [0, 0.05) is 12.1 Å². The van der Waals surface area contributed by atoms with Crippen molar-refractivity contribution in [3.05, 3.63) is 23.8 Å². The summed E-state index contributed by atoms with van der Waals surface area (Å²) < 4.78 is 10.7. The van der Waals surface area contributed by atoms with Gasteiger partial charge in [-0.15, -0.1) is 0 Å². The third-order valence-corrected chi connectivity index (χ3v) is 3.70. The van der Waals surface area contributed by atoms with Gasteiger partial charge >= 0.3 is 0 Å². The molecule has 100 valence electrons. The van der Waals surface area contributed by atoms with E-state index in [1.54, 1.807) is 0 Å². The molecule has 2 unspecified atom stereocenters. The molecule has 1 aromatic rings. The normalized spacial score (nSPS) is 17.6. The Balaban J connectivity index is 2.07. The van der Waals surface area contributed by atoms with E-state index in [0.717, 1.165) is 11.5 Å². The van der Waals surface area contributed by atoms with Gasteiger partial charge in [0.1, 0.15) is 0 Å². The molecule has 2 rings (SSSR count). The average Bonchev–Trinajstić information content (AvgIpc) is 2.74. The first kappa shape index (κ1) is 13.2. The SMILES string of the molecule is CC(NC(C)C(C)(C)C)c1ccc2c(c1)OCO2. The van der Waals surface area contributed by atoms with Gasteiger partial charge in [-0.1, -0.05) is 26.8 Å². The van der Waals surface area contributed by atoms with Crippen LogP contribution in [0.5, 0.6) is 11.5 Å². The van der Waals surface area contributed by atoms with Gasteiger partial charge in [0.2, 0.25) is 6.79 Å². The molecule has 0 bridgehead atoms. The van der Waals surface area contributed by atoms with Crippen molar-refractivity contribution in [2.45, 2.75) is 46.7 Å². The minimum Gasteiger partial charge on any atom is -0.454 e. The smallest absolute Gasteiger partial charge is 0.231 e. The lowest BCUT2D eigenvalue weighted by Gasteiger charge is -2.31. The Kier molecular flexibility index (Phi) is 3.53. The number of rotatable bonds is 3. The maximum atomic E-state index is 5.41. The molecule has 3 heteroatoms. The third-order valence-electron chi connectivity index (χ3n) is 3.70. The van der Waals surface area contributed by atoms with Crippen LogP contribution in [-0.2, 0) is 0 Å². The molecule has 18 heavy (non-hydrogen) atoms. The molecule has 2 atom stereocenters. The van der Waals surface area contributed by atoms with Crippen LogP contribution in [0.2, 0.25) is 0 Å². The second-order valence-electron chi connectivity index (χ2n) is 6.09. The van der Waals surface area contributed by atoms with Gasteiger partial charge in [-0.3, -0.25) is 0 Å².